The van der Waals surface area contributed by atoms with Crippen LogP contribution in [-0.2, 0) is 0 Å². The first-order chi connectivity index (χ1) is 8.69. The van der Waals surface area contributed by atoms with Crippen molar-refractivity contribution in [3.8, 4) is 17.2 Å². The topological polar surface area (TPSA) is 79.4 Å². The fourth-order valence-electron chi connectivity index (χ4n) is 1.69. The normalized spacial score (nSPS) is 10.1. The molecule has 7 heteroatoms. The molecule has 0 saturated heterocycles. The Morgan fingerprint density at radius 1 is 1.28 bits per heavy atom. The molecular weight excluding hydrogens is 238 g/mol. The number of benzene rings is 1. The van der Waals surface area contributed by atoms with Crippen molar-refractivity contribution in [1.82, 2.24) is 9.55 Å². The van der Waals surface area contributed by atoms with E-state index in [-0.39, 0.29) is 11.4 Å². The van der Waals surface area contributed by atoms with E-state index < -0.39 is 4.92 Å². The summed E-state index contributed by atoms with van der Waals surface area (Å²) >= 11 is 0. The lowest BCUT2D eigenvalue weighted by Gasteiger charge is -2.11. The van der Waals surface area contributed by atoms with Gasteiger partial charge in [0, 0.05) is 12.4 Å². The third kappa shape index (κ3) is 1.86. The van der Waals surface area contributed by atoms with Gasteiger partial charge in [0.2, 0.25) is 0 Å². The number of imidazole rings is 1. The van der Waals surface area contributed by atoms with Crippen LogP contribution in [0.4, 0.5) is 5.69 Å². The summed E-state index contributed by atoms with van der Waals surface area (Å²) in [5.74, 6) is 0.546. The molecule has 0 aliphatic carbocycles. The van der Waals surface area contributed by atoms with Gasteiger partial charge in [0.05, 0.1) is 25.5 Å². The average Bonchev–Trinajstić information content (AvgIpc) is 2.90. The minimum Gasteiger partial charge on any atom is -0.494 e. The zero-order valence-corrected chi connectivity index (χ0v) is 9.86. The molecule has 7 nitrogen and oxygen atoms in total. The van der Waals surface area contributed by atoms with Crippen LogP contribution in [0.3, 0.4) is 0 Å². The van der Waals surface area contributed by atoms with Crippen molar-refractivity contribution in [2.45, 2.75) is 0 Å². The highest BCUT2D eigenvalue weighted by molar-refractivity contribution is 5.68. The number of ether oxygens (including phenoxy) is 2. The van der Waals surface area contributed by atoms with Crippen molar-refractivity contribution in [3.05, 3.63) is 41.0 Å². The summed E-state index contributed by atoms with van der Waals surface area (Å²) in [7, 11) is 2.83. The third-order valence-corrected chi connectivity index (χ3v) is 2.46. The van der Waals surface area contributed by atoms with Crippen molar-refractivity contribution in [2.24, 2.45) is 0 Å². The third-order valence-electron chi connectivity index (χ3n) is 2.46. The van der Waals surface area contributed by atoms with Crippen molar-refractivity contribution >= 4 is 5.69 Å². The summed E-state index contributed by atoms with van der Waals surface area (Å²) in [5.41, 5.74) is 0.134. The zero-order valence-electron chi connectivity index (χ0n) is 9.86. The maximum absolute atomic E-state index is 11.2. The Kier molecular flexibility index (Phi) is 3.13. The maximum Gasteiger partial charge on any atom is 0.338 e. The Morgan fingerprint density at radius 2 is 1.94 bits per heavy atom. The van der Waals surface area contributed by atoms with Gasteiger partial charge in [-0.15, -0.1) is 0 Å². The molecule has 0 spiro atoms. The Bertz CT molecular complexity index is 566. The molecule has 0 radical (unpaired) electrons. The summed E-state index contributed by atoms with van der Waals surface area (Å²) in [4.78, 5) is 14.6. The molecule has 0 atom stereocenters. The van der Waals surface area contributed by atoms with Gasteiger partial charge in [-0.3, -0.25) is 14.7 Å². The minimum absolute atomic E-state index is 0.158. The second-order valence-electron chi connectivity index (χ2n) is 3.39. The molecule has 0 fully saturated rings. The highest BCUT2D eigenvalue weighted by Crippen LogP contribution is 2.39. The monoisotopic (exact) mass is 249 g/mol. The van der Waals surface area contributed by atoms with Gasteiger partial charge < -0.3 is 9.47 Å². The first kappa shape index (κ1) is 11.9. The molecule has 1 aromatic carbocycles. The van der Waals surface area contributed by atoms with Gasteiger partial charge in [-0.25, -0.2) is 4.98 Å². The summed E-state index contributed by atoms with van der Waals surface area (Å²) in [6, 6.07) is 3.11. The molecule has 0 unspecified atom stereocenters. The number of hydrogen-bond donors (Lipinski definition) is 0. The number of methoxy groups -OCH3 is 2. The number of nitro benzene ring substituents is 1. The smallest absolute Gasteiger partial charge is 0.338 e. The SMILES string of the molecule is COc1ccc(OC)c([N+](=O)[O-])c1-n1ccnc1. The lowest BCUT2D eigenvalue weighted by atomic mass is 10.2. The summed E-state index contributed by atoms with van der Waals surface area (Å²) in [5, 5.41) is 11.2. The van der Waals surface area contributed by atoms with Crippen molar-refractivity contribution in [3.63, 3.8) is 0 Å². The lowest BCUT2D eigenvalue weighted by Crippen LogP contribution is -2.03. The van der Waals surface area contributed by atoms with Gasteiger partial charge >= 0.3 is 5.69 Å². The molecule has 94 valence electrons. The predicted molar refractivity (Wildman–Crippen MR) is 63.3 cm³/mol. The molecule has 0 amide bonds. The molecule has 0 aliphatic rings. The van der Waals surface area contributed by atoms with Gasteiger partial charge in [-0.1, -0.05) is 0 Å². The number of nitro groups is 1. The Morgan fingerprint density at radius 3 is 2.44 bits per heavy atom. The fourth-order valence-corrected chi connectivity index (χ4v) is 1.69. The van der Waals surface area contributed by atoms with E-state index in [4.69, 9.17) is 9.47 Å². The second-order valence-corrected chi connectivity index (χ2v) is 3.39. The van der Waals surface area contributed by atoms with Gasteiger partial charge in [-0.05, 0) is 12.1 Å². The Labute approximate surface area is 103 Å². The molecule has 1 heterocycles. The predicted octanol–water partition coefficient (Wildman–Crippen LogP) is 1.80. The van der Waals surface area contributed by atoms with Crippen LogP contribution in [0.15, 0.2) is 30.9 Å². The van der Waals surface area contributed by atoms with E-state index in [0.29, 0.717) is 11.4 Å². The number of nitrogens with zero attached hydrogens (tertiary/aromatic N) is 3. The van der Waals surface area contributed by atoms with Crippen LogP contribution < -0.4 is 9.47 Å². The van der Waals surface area contributed by atoms with E-state index in [1.807, 2.05) is 0 Å². The number of rotatable bonds is 4. The molecular formula is C11H11N3O4. The van der Waals surface area contributed by atoms with Crippen LogP contribution in [0, 0.1) is 10.1 Å². The molecule has 0 N–H and O–H groups in total. The summed E-state index contributed by atoms with van der Waals surface area (Å²) < 4.78 is 11.7. The summed E-state index contributed by atoms with van der Waals surface area (Å²) in [6.07, 6.45) is 4.59. The van der Waals surface area contributed by atoms with Crippen LogP contribution in [0.5, 0.6) is 11.5 Å². The van der Waals surface area contributed by atoms with Gasteiger partial charge in [-0.2, -0.15) is 0 Å². The van der Waals surface area contributed by atoms with Crippen LogP contribution in [0.25, 0.3) is 5.69 Å². The quantitative estimate of drug-likeness (QED) is 0.609. The van der Waals surface area contributed by atoms with E-state index in [9.17, 15) is 10.1 Å². The molecule has 1 aromatic heterocycles. The van der Waals surface area contributed by atoms with E-state index in [2.05, 4.69) is 4.98 Å². The molecule has 0 aliphatic heterocycles. The fraction of sp³-hybridized carbons (Fsp3) is 0.182. The standard InChI is InChI=1S/C11H11N3O4/c1-17-8-3-4-9(18-2)11(14(15)16)10(8)13-6-5-12-7-13/h3-7H,1-2H3. The zero-order chi connectivity index (χ0) is 13.1. The largest absolute Gasteiger partial charge is 0.494 e. The van der Waals surface area contributed by atoms with Crippen molar-refractivity contribution < 1.29 is 14.4 Å². The van der Waals surface area contributed by atoms with Crippen LogP contribution >= 0.6 is 0 Å². The Balaban J connectivity index is 2.77. The number of aromatic nitrogens is 2. The minimum atomic E-state index is -0.503. The molecule has 18 heavy (non-hydrogen) atoms. The van der Waals surface area contributed by atoms with E-state index in [0.717, 1.165) is 0 Å². The molecule has 2 rings (SSSR count). The first-order valence-electron chi connectivity index (χ1n) is 5.06. The average molecular weight is 249 g/mol. The molecule has 2 aromatic rings. The van der Waals surface area contributed by atoms with E-state index in [1.54, 1.807) is 12.3 Å². The van der Waals surface area contributed by atoms with Gasteiger partial charge in [0.15, 0.2) is 11.4 Å². The van der Waals surface area contributed by atoms with E-state index in [1.165, 1.54) is 37.4 Å². The molecule has 0 bridgehead atoms. The van der Waals surface area contributed by atoms with Crippen LogP contribution in [0.2, 0.25) is 0 Å². The van der Waals surface area contributed by atoms with Crippen molar-refractivity contribution in [2.75, 3.05) is 14.2 Å². The van der Waals surface area contributed by atoms with Crippen LogP contribution in [-0.4, -0.2) is 28.7 Å². The van der Waals surface area contributed by atoms with Crippen LogP contribution in [0.1, 0.15) is 0 Å². The molecule has 0 saturated carbocycles. The lowest BCUT2D eigenvalue weighted by molar-refractivity contribution is -0.385. The summed E-state index contributed by atoms with van der Waals surface area (Å²) in [6.45, 7) is 0. The van der Waals surface area contributed by atoms with Gasteiger partial charge in [0.1, 0.15) is 5.75 Å². The second kappa shape index (κ2) is 4.74. The maximum atomic E-state index is 11.2. The van der Waals surface area contributed by atoms with Crippen molar-refractivity contribution in [1.29, 1.82) is 0 Å². The number of hydrogen-bond acceptors (Lipinski definition) is 5. The highest BCUT2D eigenvalue weighted by atomic mass is 16.6. The van der Waals surface area contributed by atoms with Gasteiger partial charge in [0.25, 0.3) is 0 Å². The highest BCUT2D eigenvalue weighted by Gasteiger charge is 2.26. The van der Waals surface area contributed by atoms with E-state index >= 15 is 0 Å². The first-order valence-corrected chi connectivity index (χ1v) is 5.06. The Hall–Kier alpha value is -2.57.